The summed E-state index contributed by atoms with van der Waals surface area (Å²) in [4.78, 5) is 0. The first kappa shape index (κ1) is 16.4. The van der Waals surface area contributed by atoms with Gasteiger partial charge in [-0.05, 0) is 30.9 Å². The summed E-state index contributed by atoms with van der Waals surface area (Å²) in [7, 11) is -0.478. The number of hydrogen-bond acceptors (Lipinski definition) is 3. The van der Waals surface area contributed by atoms with Gasteiger partial charge in [-0.2, -0.15) is 12.7 Å². The van der Waals surface area contributed by atoms with E-state index in [9.17, 15) is 8.42 Å². The number of alkyl halides is 1. The maximum Gasteiger partial charge on any atom is 0.303 e. The minimum Gasteiger partial charge on any atom is -0.495 e. The molecular weight excluding hydrogens is 312 g/mol. The maximum atomic E-state index is 12.8. The molecule has 1 heterocycles. The molecule has 1 aromatic carbocycles. The normalized spacial score (nSPS) is 20.2. The Morgan fingerprint density at radius 2 is 2.14 bits per heavy atom. The van der Waals surface area contributed by atoms with Crippen molar-refractivity contribution in [2.75, 3.05) is 37.4 Å². The van der Waals surface area contributed by atoms with Crippen LogP contribution in [0, 0.1) is 5.92 Å². The fraction of sp³-hybridized carbons (Fsp3) is 0.571. The van der Waals surface area contributed by atoms with Gasteiger partial charge >= 0.3 is 10.2 Å². The van der Waals surface area contributed by atoms with Crippen molar-refractivity contribution in [3.05, 3.63) is 24.3 Å². The number of methoxy groups -OCH3 is 1. The van der Waals surface area contributed by atoms with Gasteiger partial charge in [0.2, 0.25) is 0 Å². The van der Waals surface area contributed by atoms with Crippen molar-refractivity contribution in [1.29, 1.82) is 0 Å². The quantitative estimate of drug-likeness (QED) is 0.778. The van der Waals surface area contributed by atoms with Gasteiger partial charge in [-0.25, -0.2) is 0 Å². The Kier molecular flexibility index (Phi) is 5.35. The molecule has 21 heavy (non-hydrogen) atoms. The smallest absolute Gasteiger partial charge is 0.303 e. The van der Waals surface area contributed by atoms with Crippen LogP contribution < -0.4 is 9.04 Å². The lowest BCUT2D eigenvalue weighted by Gasteiger charge is -2.34. The van der Waals surface area contributed by atoms with E-state index >= 15 is 0 Å². The Bertz CT molecular complexity index is 579. The standard InChI is InChI=1S/C14H21ClN2O3S/c1-16(13-7-3-4-8-14(13)20-2)21(18,19)17-9-5-6-12(10-15)11-17/h3-4,7-8,12H,5-6,9-11H2,1-2H3. The van der Waals surface area contributed by atoms with E-state index in [0.717, 1.165) is 12.8 Å². The zero-order chi connectivity index (χ0) is 15.5. The van der Waals surface area contributed by atoms with Crippen LogP contribution in [-0.2, 0) is 10.2 Å². The van der Waals surface area contributed by atoms with Crippen LogP contribution in [0.25, 0.3) is 0 Å². The van der Waals surface area contributed by atoms with Crippen LogP contribution in [0.4, 0.5) is 5.69 Å². The van der Waals surface area contributed by atoms with E-state index in [1.54, 1.807) is 25.2 Å². The number of nitrogens with zero attached hydrogens (tertiary/aromatic N) is 2. The summed E-state index contributed by atoms with van der Waals surface area (Å²) in [5, 5.41) is 0. The molecule has 1 aromatic rings. The molecule has 0 amide bonds. The van der Waals surface area contributed by atoms with Crippen molar-refractivity contribution >= 4 is 27.5 Å². The third-order valence-electron chi connectivity index (χ3n) is 3.80. The summed E-state index contributed by atoms with van der Waals surface area (Å²) in [6.07, 6.45) is 1.82. The molecule has 1 atom stereocenters. The number of ether oxygens (including phenoxy) is 1. The summed E-state index contributed by atoms with van der Waals surface area (Å²) < 4.78 is 33.6. The van der Waals surface area contributed by atoms with Crippen LogP contribution in [0.2, 0.25) is 0 Å². The molecule has 0 aromatic heterocycles. The minimum atomic E-state index is -3.56. The average Bonchev–Trinajstić information content (AvgIpc) is 2.54. The molecular formula is C14H21ClN2O3S. The van der Waals surface area contributed by atoms with Gasteiger partial charge in [0.05, 0.1) is 12.8 Å². The van der Waals surface area contributed by atoms with Gasteiger partial charge < -0.3 is 4.74 Å². The molecule has 5 nitrogen and oxygen atoms in total. The van der Waals surface area contributed by atoms with Crippen molar-refractivity contribution in [3.8, 4) is 5.75 Å². The van der Waals surface area contributed by atoms with Gasteiger partial charge in [0.25, 0.3) is 0 Å². The van der Waals surface area contributed by atoms with Gasteiger partial charge in [0, 0.05) is 26.0 Å². The van der Waals surface area contributed by atoms with E-state index in [-0.39, 0.29) is 5.92 Å². The van der Waals surface area contributed by atoms with Crippen LogP contribution >= 0.6 is 11.6 Å². The highest BCUT2D eigenvalue weighted by atomic mass is 35.5. The minimum absolute atomic E-state index is 0.223. The molecule has 0 spiro atoms. The predicted octanol–water partition coefficient (Wildman–Crippen LogP) is 2.33. The van der Waals surface area contributed by atoms with Crippen LogP contribution in [-0.4, -0.2) is 45.8 Å². The molecule has 1 aliphatic rings. The van der Waals surface area contributed by atoms with Crippen molar-refractivity contribution < 1.29 is 13.2 Å². The first-order valence-electron chi connectivity index (χ1n) is 6.93. The van der Waals surface area contributed by atoms with Crippen LogP contribution in [0.3, 0.4) is 0 Å². The first-order valence-corrected chi connectivity index (χ1v) is 8.86. The number of rotatable bonds is 5. The Hall–Kier alpha value is -0.980. The van der Waals surface area contributed by atoms with Gasteiger partial charge in [-0.1, -0.05) is 12.1 Å². The molecule has 0 bridgehead atoms. The largest absolute Gasteiger partial charge is 0.495 e. The molecule has 118 valence electrons. The predicted molar refractivity (Wildman–Crippen MR) is 85.3 cm³/mol. The third-order valence-corrected chi connectivity index (χ3v) is 6.11. The maximum absolute atomic E-state index is 12.8. The zero-order valence-electron chi connectivity index (χ0n) is 12.3. The number of piperidine rings is 1. The van der Waals surface area contributed by atoms with Crippen LogP contribution in [0.15, 0.2) is 24.3 Å². The van der Waals surface area contributed by atoms with Crippen molar-refractivity contribution in [1.82, 2.24) is 4.31 Å². The molecule has 0 N–H and O–H groups in total. The molecule has 0 saturated carbocycles. The summed E-state index contributed by atoms with van der Waals surface area (Å²) >= 11 is 5.88. The van der Waals surface area contributed by atoms with Crippen LogP contribution in [0.1, 0.15) is 12.8 Å². The Balaban J connectivity index is 2.26. The van der Waals surface area contributed by atoms with Crippen molar-refractivity contribution in [2.45, 2.75) is 12.8 Å². The number of hydrogen-bond donors (Lipinski definition) is 0. The van der Waals surface area contributed by atoms with E-state index < -0.39 is 10.2 Å². The lowest BCUT2D eigenvalue weighted by Crippen LogP contribution is -2.47. The Morgan fingerprint density at radius 3 is 2.81 bits per heavy atom. The molecule has 1 aliphatic heterocycles. The van der Waals surface area contributed by atoms with Crippen molar-refractivity contribution in [3.63, 3.8) is 0 Å². The zero-order valence-corrected chi connectivity index (χ0v) is 13.9. The summed E-state index contributed by atoms with van der Waals surface area (Å²) in [5.74, 6) is 1.25. The second kappa shape index (κ2) is 6.85. The van der Waals surface area contributed by atoms with Gasteiger partial charge in [0.15, 0.2) is 0 Å². The van der Waals surface area contributed by atoms with Crippen LogP contribution in [0.5, 0.6) is 5.75 Å². The monoisotopic (exact) mass is 332 g/mol. The summed E-state index contributed by atoms with van der Waals surface area (Å²) in [6, 6.07) is 7.09. The van der Waals surface area contributed by atoms with E-state index in [1.807, 2.05) is 6.07 Å². The van der Waals surface area contributed by atoms with Gasteiger partial charge in [-0.3, -0.25) is 4.31 Å². The third kappa shape index (κ3) is 3.44. The lowest BCUT2D eigenvalue weighted by atomic mass is 10.0. The topological polar surface area (TPSA) is 49.9 Å². The van der Waals surface area contributed by atoms with Gasteiger partial charge in [0.1, 0.15) is 5.75 Å². The summed E-state index contributed by atoms with van der Waals surface area (Å²) in [6.45, 7) is 1.01. The molecule has 1 saturated heterocycles. The van der Waals surface area contributed by atoms with E-state index in [0.29, 0.717) is 30.4 Å². The number of benzene rings is 1. The number of halogens is 1. The number of para-hydroxylation sites is 2. The van der Waals surface area contributed by atoms with Gasteiger partial charge in [-0.15, -0.1) is 11.6 Å². The van der Waals surface area contributed by atoms with E-state index in [1.165, 1.54) is 15.7 Å². The molecule has 0 aliphatic carbocycles. The molecule has 7 heteroatoms. The molecule has 0 radical (unpaired) electrons. The summed E-state index contributed by atoms with van der Waals surface area (Å²) in [5.41, 5.74) is 0.535. The van der Waals surface area contributed by atoms with Crippen molar-refractivity contribution in [2.24, 2.45) is 5.92 Å². The average molecular weight is 333 g/mol. The second-order valence-electron chi connectivity index (χ2n) is 5.17. The highest BCUT2D eigenvalue weighted by Crippen LogP contribution is 2.31. The Morgan fingerprint density at radius 1 is 1.43 bits per heavy atom. The molecule has 2 rings (SSSR count). The SMILES string of the molecule is COc1ccccc1N(C)S(=O)(=O)N1CCCC(CCl)C1. The second-order valence-corrected chi connectivity index (χ2v) is 7.44. The number of anilines is 1. The molecule has 1 unspecified atom stereocenters. The first-order chi connectivity index (χ1) is 10.0. The highest BCUT2D eigenvalue weighted by Gasteiger charge is 2.32. The van der Waals surface area contributed by atoms with E-state index in [4.69, 9.17) is 16.3 Å². The highest BCUT2D eigenvalue weighted by molar-refractivity contribution is 7.90. The fourth-order valence-corrected chi connectivity index (χ4v) is 4.31. The lowest BCUT2D eigenvalue weighted by molar-refractivity contribution is 0.283. The molecule has 1 fully saturated rings. The fourth-order valence-electron chi connectivity index (χ4n) is 2.55. The Labute approximate surface area is 131 Å². The van der Waals surface area contributed by atoms with E-state index in [2.05, 4.69) is 0 Å².